The van der Waals surface area contributed by atoms with Crippen molar-refractivity contribution in [2.45, 2.75) is 0 Å². The Morgan fingerprint density at radius 3 is 2.92 bits per heavy atom. The van der Waals surface area contributed by atoms with Gasteiger partial charge in [0.05, 0.1) is 0 Å². The van der Waals surface area contributed by atoms with Crippen molar-refractivity contribution in [3.63, 3.8) is 0 Å². The quantitative estimate of drug-likeness (QED) is 0.500. The first-order valence-electron chi connectivity index (χ1n) is 3.77. The summed E-state index contributed by atoms with van der Waals surface area (Å²) in [5.41, 5.74) is 0. The van der Waals surface area contributed by atoms with E-state index in [1.165, 1.54) is 20.9 Å². The fourth-order valence-electron chi connectivity index (χ4n) is 1.49. The SMILES string of the molecule is c1cc2c(ccc3cscc32)s1. The lowest BCUT2D eigenvalue weighted by Crippen LogP contribution is -1.63. The predicted octanol–water partition coefficient (Wildman–Crippen LogP) is 4.12. The second kappa shape index (κ2) is 2.31. The Hall–Kier alpha value is -0.860. The van der Waals surface area contributed by atoms with E-state index in [-0.39, 0.29) is 0 Å². The molecule has 0 aliphatic rings. The van der Waals surface area contributed by atoms with Crippen molar-refractivity contribution >= 4 is 43.5 Å². The number of rotatable bonds is 0. The first-order valence-corrected chi connectivity index (χ1v) is 5.59. The minimum Gasteiger partial charge on any atom is -0.151 e. The summed E-state index contributed by atoms with van der Waals surface area (Å²) in [6.07, 6.45) is 0. The molecule has 2 aromatic heterocycles. The van der Waals surface area contributed by atoms with Crippen LogP contribution in [0.4, 0.5) is 0 Å². The molecule has 2 heteroatoms. The molecule has 1 aromatic carbocycles. The third kappa shape index (κ3) is 0.765. The molecule has 3 rings (SSSR count). The van der Waals surface area contributed by atoms with Gasteiger partial charge in [-0.25, -0.2) is 0 Å². The summed E-state index contributed by atoms with van der Waals surface area (Å²) in [5, 5.41) is 10.8. The van der Waals surface area contributed by atoms with E-state index in [0.717, 1.165) is 0 Å². The van der Waals surface area contributed by atoms with Crippen molar-refractivity contribution in [3.05, 3.63) is 34.3 Å². The van der Waals surface area contributed by atoms with Crippen LogP contribution in [-0.4, -0.2) is 0 Å². The Kier molecular flexibility index (Phi) is 1.28. The predicted molar refractivity (Wildman–Crippen MR) is 57.2 cm³/mol. The van der Waals surface area contributed by atoms with Crippen LogP contribution in [0.25, 0.3) is 20.9 Å². The van der Waals surface area contributed by atoms with Gasteiger partial charge in [-0.1, -0.05) is 6.07 Å². The molecule has 0 fully saturated rings. The van der Waals surface area contributed by atoms with E-state index in [0.29, 0.717) is 0 Å². The van der Waals surface area contributed by atoms with Crippen LogP contribution >= 0.6 is 22.7 Å². The second-order valence-corrected chi connectivity index (χ2v) is 4.46. The van der Waals surface area contributed by atoms with Gasteiger partial charge in [0, 0.05) is 15.5 Å². The topological polar surface area (TPSA) is 0 Å². The minimum atomic E-state index is 1.37. The van der Waals surface area contributed by atoms with Gasteiger partial charge in [-0.3, -0.25) is 0 Å². The molecule has 58 valence electrons. The van der Waals surface area contributed by atoms with Crippen molar-refractivity contribution in [2.24, 2.45) is 0 Å². The largest absolute Gasteiger partial charge is 0.151 e. The van der Waals surface area contributed by atoms with Gasteiger partial charge in [0.1, 0.15) is 0 Å². The maximum Gasteiger partial charge on any atom is 0.0349 e. The molecule has 0 atom stereocenters. The average Bonchev–Trinajstić information content (AvgIpc) is 2.71. The summed E-state index contributed by atoms with van der Waals surface area (Å²) in [7, 11) is 0. The lowest BCUT2D eigenvalue weighted by Gasteiger charge is -1.90. The highest BCUT2D eigenvalue weighted by Crippen LogP contribution is 2.30. The molecule has 3 aromatic rings. The van der Waals surface area contributed by atoms with Crippen molar-refractivity contribution in [1.82, 2.24) is 0 Å². The summed E-state index contributed by atoms with van der Waals surface area (Å²) in [4.78, 5) is 0. The molecule has 0 amide bonds. The number of fused-ring (bicyclic) bond motifs is 3. The highest BCUT2D eigenvalue weighted by atomic mass is 32.1. The summed E-state index contributed by atoms with van der Waals surface area (Å²) < 4.78 is 1.39. The van der Waals surface area contributed by atoms with Gasteiger partial charge in [0.15, 0.2) is 0 Å². The van der Waals surface area contributed by atoms with Gasteiger partial charge < -0.3 is 0 Å². The zero-order chi connectivity index (χ0) is 7.97. The van der Waals surface area contributed by atoms with Crippen LogP contribution in [0.2, 0.25) is 0 Å². The van der Waals surface area contributed by atoms with Gasteiger partial charge in [0.2, 0.25) is 0 Å². The van der Waals surface area contributed by atoms with Gasteiger partial charge in [-0.15, -0.1) is 11.3 Å². The van der Waals surface area contributed by atoms with Crippen molar-refractivity contribution < 1.29 is 0 Å². The molecule has 0 unspecified atom stereocenters. The van der Waals surface area contributed by atoms with Crippen molar-refractivity contribution in [3.8, 4) is 0 Å². The van der Waals surface area contributed by atoms with Crippen LogP contribution in [0.1, 0.15) is 0 Å². The lowest BCUT2D eigenvalue weighted by atomic mass is 10.1. The average molecular weight is 190 g/mol. The third-order valence-corrected chi connectivity index (χ3v) is 3.74. The van der Waals surface area contributed by atoms with E-state index in [9.17, 15) is 0 Å². The van der Waals surface area contributed by atoms with Crippen LogP contribution < -0.4 is 0 Å². The molecule has 2 heterocycles. The molecule has 12 heavy (non-hydrogen) atoms. The molecule has 0 N–H and O–H groups in total. The summed E-state index contributed by atoms with van der Waals surface area (Å²) in [5.74, 6) is 0. The Balaban J connectivity index is 2.71. The standard InChI is InChI=1S/C10H6S2/c1-2-10-8(3-4-12-10)9-6-11-5-7(1)9/h1-6H. The smallest absolute Gasteiger partial charge is 0.0349 e. The van der Waals surface area contributed by atoms with E-state index >= 15 is 0 Å². The summed E-state index contributed by atoms with van der Waals surface area (Å²) >= 11 is 3.59. The highest BCUT2D eigenvalue weighted by Gasteiger charge is 2.00. The molecule has 0 bridgehead atoms. The lowest BCUT2D eigenvalue weighted by molar-refractivity contribution is 2.01. The van der Waals surface area contributed by atoms with Crippen LogP contribution in [0.15, 0.2) is 34.3 Å². The zero-order valence-electron chi connectivity index (χ0n) is 6.28. The van der Waals surface area contributed by atoms with E-state index in [4.69, 9.17) is 0 Å². The summed E-state index contributed by atoms with van der Waals surface area (Å²) in [6, 6.07) is 6.61. The number of thiophene rings is 2. The molecule has 0 radical (unpaired) electrons. The Morgan fingerprint density at radius 2 is 1.92 bits per heavy atom. The minimum absolute atomic E-state index is 1.37. The first kappa shape index (κ1) is 6.63. The van der Waals surface area contributed by atoms with Gasteiger partial charge in [0.25, 0.3) is 0 Å². The first-order chi connectivity index (χ1) is 5.95. The van der Waals surface area contributed by atoms with E-state index in [2.05, 4.69) is 34.3 Å². The maximum atomic E-state index is 2.23. The Morgan fingerprint density at radius 1 is 0.917 bits per heavy atom. The number of hydrogen-bond acceptors (Lipinski definition) is 2. The van der Waals surface area contributed by atoms with Gasteiger partial charge >= 0.3 is 0 Å². The number of benzene rings is 1. The molecular weight excluding hydrogens is 184 g/mol. The van der Waals surface area contributed by atoms with Crippen LogP contribution in [0, 0.1) is 0 Å². The van der Waals surface area contributed by atoms with Crippen LogP contribution in [0.3, 0.4) is 0 Å². The second-order valence-electron chi connectivity index (χ2n) is 2.77. The maximum absolute atomic E-state index is 2.23. The third-order valence-electron chi connectivity index (χ3n) is 2.09. The normalized spacial score (nSPS) is 11.3. The number of hydrogen-bond donors (Lipinski definition) is 0. The summed E-state index contributed by atoms with van der Waals surface area (Å²) in [6.45, 7) is 0. The monoisotopic (exact) mass is 190 g/mol. The van der Waals surface area contributed by atoms with E-state index in [1.807, 2.05) is 11.3 Å². The van der Waals surface area contributed by atoms with Crippen molar-refractivity contribution in [1.29, 1.82) is 0 Å². The van der Waals surface area contributed by atoms with E-state index in [1.54, 1.807) is 11.3 Å². The molecular formula is C10H6S2. The van der Waals surface area contributed by atoms with Gasteiger partial charge in [-0.05, 0) is 33.7 Å². The molecule has 0 aliphatic carbocycles. The van der Waals surface area contributed by atoms with Crippen molar-refractivity contribution in [2.75, 3.05) is 0 Å². The fourth-order valence-corrected chi connectivity index (χ4v) is 3.11. The Bertz CT molecular complexity index is 481. The molecule has 0 saturated carbocycles. The molecule has 0 aliphatic heterocycles. The zero-order valence-corrected chi connectivity index (χ0v) is 7.91. The van der Waals surface area contributed by atoms with Crippen LogP contribution in [0.5, 0.6) is 0 Å². The molecule has 0 saturated heterocycles. The Labute approximate surface area is 78.1 Å². The fraction of sp³-hybridized carbons (Fsp3) is 0. The molecule has 0 nitrogen and oxygen atoms in total. The highest BCUT2D eigenvalue weighted by molar-refractivity contribution is 7.17. The van der Waals surface area contributed by atoms with E-state index < -0.39 is 0 Å². The molecule has 0 spiro atoms. The van der Waals surface area contributed by atoms with Gasteiger partial charge in [-0.2, -0.15) is 11.3 Å². The van der Waals surface area contributed by atoms with Crippen LogP contribution in [-0.2, 0) is 0 Å².